The molecule has 2 aromatic rings. The van der Waals surface area contributed by atoms with Gasteiger partial charge in [0.05, 0.1) is 18.4 Å². The number of carbonyl (C=O) groups is 2. The van der Waals surface area contributed by atoms with Crippen LogP contribution < -0.4 is 10.1 Å². The van der Waals surface area contributed by atoms with Gasteiger partial charge in [-0.05, 0) is 48.9 Å². The summed E-state index contributed by atoms with van der Waals surface area (Å²) in [4.78, 5) is 23.6. The van der Waals surface area contributed by atoms with E-state index in [-0.39, 0.29) is 19.1 Å². The fraction of sp³-hybridized carbons (Fsp3) is 0.300. The summed E-state index contributed by atoms with van der Waals surface area (Å²) in [6.07, 6.45) is 1.15. The molecule has 0 bridgehead atoms. The largest absolute Gasteiger partial charge is 0.484 e. The number of rotatable bonds is 9. The highest BCUT2D eigenvalue weighted by Crippen LogP contribution is 2.15. The summed E-state index contributed by atoms with van der Waals surface area (Å²) in [5, 5.41) is 2.67. The van der Waals surface area contributed by atoms with Gasteiger partial charge < -0.3 is 14.8 Å². The number of benzene rings is 2. The first-order valence-corrected chi connectivity index (χ1v) is 10.7. The Morgan fingerprint density at radius 2 is 1.66 bits per heavy atom. The molecule has 0 unspecified atom stereocenters. The van der Waals surface area contributed by atoms with Crippen LogP contribution >= 0.6 is 0 Å². The minimum absolute atomic E-state index is 0.192. The van der Waals surface area contributed by atoms with Crippen molar-refractivity contribution in [2.75, 3.05) is 31.8 Å². The van der Waals surface area contributed by atoms with Crippen molar-refractivity contribution >= 4 is 27.6 Å². The Labute approximate surface area is 170 Å². The lowest BCUT2D eigenvalue weighted by molar-refractivity contribution is -0.118. The minimum Gasteiger partial charge on any atom is -0.484 e. The van der Waals surface area contributed by atoms with Crippen molar-refractivity contribution in [2.45, 2.75) is 13.5 Å². The lowest BCUT2D eigenvalue weighted by Gasteiger charge is -2.14. The van der Waals surface area contributed by atoms with Gasteiger partial charge in [-0.2, -0.15) is 0 Å². The van der Waals surface area contributed by atoms with Gasteiger partial charge in [0.2, 0.25) is 10.0 Å². The highest BCUT2D eigenvalue weighted by Gasteiger charge is 2.11. The van der Waals surface area contributed by atoms with Crippen LogP contribution in [0.15, 0.2) is 48.5 Å². The lowest BCUT2D eigenvalue weighted by Crippen LogP contribution is -2.24. The topological polar surface area (TPSA) is 102 Å². The SMILES string of the molecule is CCOC(=O)c1ccc(NC(=O)COc2ccc(CN(C)S(C)(=O)=O)cc2)cc1. The van der Waals surface area contributed by atoms with Gasteiger partial charge in [0.1, 0.15) is 5.75 Å². The summed E-state index contributed by atoms with van der Waals surface area (Å²) in [5.41, 5.74) is 1.74. The summed E-state index contributed by atoms with van der Waals surface area (Å²) in [7, 11) is -1.75. The molecule has 0 radical (unpaired) electrons. The number of hydrogen-bond donors (Lipinski definition) is 1. The molecule has 2 rings (SSSR count). The maximum atomic E-state index is 12.0. The molecule has 0 atom stereocenters. The third-order valence-electron chi connectivity index (χ3n) is 3.94. The highest BCUT2D eigenvalue weighted by atomic mass is 32.2. The number of nitrogens with zero attached hydrogens (tertiary/aromatic N) is 1. The third-order valence-corrected chi connectivity index (χ3v) is 5.21. The van der Waals surface area contributed by atoms with E-state index in [1.807, 2.05) is 0 Å². The lowest BCUT2D eigenvalue weighted by atomic mass is 10.2. The molecule has 1 amide bonds. The van der Waals surface area contributed by atoms with Gasteiger partial charge in [-0.25, -0.2) is 17.5 Å². The standard InChI is InChI=1S/C20H24N2O6S/c1-4-27-20(24)16-7-9-17(10-8-16)21-19(23)14-28-18-11-5-15(6-12-18)13-22(2)29(3,25)26/h5-12H,4,13-14H2,1-3H3,(H,21,23). The average molecular weight is 420 g/mol. The van der Waals surface area contributed by atoms with E-state index < -0.39 is 16.0 Å². The quantitative estimate of drug-likeness (QED) is 0.625. The number of hydrogen-bond acceptors (Lipinski definition) is 6. The molecule has 0 aromatic heterocycles. The zero-order chi connectivity index (χ0) is 21.4. The predicted octanol–water partition coefficient (Wildman–Crippen LogP) is 2.27. The number of amides is 1. The van der Waals surface area contributed by atoms with Gasteiger partial charge in [0, 0.05) is 19.3 Å². The van der Waals surface area contributed by atoms with Crippen molar-refractivity contribution in [2.24, 2.45) is 0 Å². The Balaban J connectivity index is 1.84. The molecule has 156 valence electrons. The smallest absolute Gasteiger partial charge is 0.338 e. The highest BCUT2D eigenvalue weighted by molar-refractivity contribution is 7.88. The first-order valence-electron chi connectivity index (χ1n) is 8.89. The molecule has 0 aliphatic rings. The molecule has 8 nitrogen and oxygen atoms in total. The Morgan fingerprint density at radius 1 is 1.03 bits per heavy atom. The van der Waals surface area contributed by atoms with E-state index in [0.717, 1.165) is 11.8 Å². The van der Waals surface area contributed by atoms with Crippen LogP contribution in [0.4, 0.5) is 5.69 Å². The van der Waals surface area contributed by atoms with E-state index in [9.17, 15) is 18.0 Å². The van der Waals surface area contributed by atoms with Crippen molar-refractivity contribution in [3.8, 4) is 5.75 Å². The molecule has 0 spiro atoms. The Morgan fingerprint density at radius 3 is 2.21 bits per heavy atom. The number of ether oxygens (including phenoxy) is 2. The van der Waals surface area contributed by atoms with Crippen molar-refractivity contribution in [1.29, 1.82) is 0 Å². The van der Waals surface area contributed by atoms with Gasteiger partial charge in [-0.3, -0.25) is 4.79 Å². The number of esters is 1. The molecule has 2 aromatic carbocycles. The van der Waals surface area contributed by atoms with Crippen molar-refractivity contribution in [3.05, 3.63) is 59.7 Å². The fourth-order valence-corrected chi connectivity index (χ4v) is 2.70. The molecular weight excluding hydrogens is 396 g/mol. The Kier molecular flexibility index (Phi) is 7.74. The summed E-state index contributed by atoms with van der Waals surface area (Å²) in [6.45, 7) is 2.09. The van der Waals surface area contributed by atoms with Crippen molar-refractivity contribution in [1.82, 2.24) is 4.31 Å². The van der Waals surface area contributed by atoms with Crippen LogP contribution in [0.25, 0.3) is 0 Å². The predicted molar refractivity (Wildman–Crippen MR) is 109 cm³/mol. The second kappa shape index (κ2) is 10.0. The number of anilines is 1. The normalized spacial score (nSPS) is 11.2. The van der Waals surface area contributed by atoms with Crippen LogP contribution in [0.1, 0.15) is 22.8 Å². The molecule has 9 heteroatoms. The summed E-state index contributed by atoms with van der Waals surface area (Å²) in [6, 6.07) is 13.2. The first-order chi connectivity index (χ1) is 13.7. The fourth-order valence-electron chi connectivity index (χ4n) is 2.32. The van der Waals surface area contributed by atoms with Crippen LogP contribution in [0, 0.1) is 0 Å². The molecule has 1 N–H and O–H groups in total. The molecule has 0 heterocycles. The third kappa shape index (κ3) is 7.20. The number of carbonyl (C=O) groups excluding carboxylic acids is 2. The molecule has 29 heavy (non-hydrogen) atoms. The molecule has 0 saturated carbocycles. The van der Waals surface area contributed by atoms with Crippen LogP contribution in [-0.2, 0) is 26.1 Å². The van der Waals surface area contributed by atoms with E-state index in [1.165, 1.54) is 11.4 Å². The van der Waals surface area contributed by atoms with Gasteiger partial charge >= 0.3 is 5.97 Å². The number of sulfonamides is 1. The monoisotopic (exact) mass is 420 g/mol. The van der Waals surface area contributed by atoms with Crippen LogP contribution in [-0.4, -0.2) is 51.1 Å². The maximum Gasteiger partial charge on any atom is 0.338 e. The number of nitrogens with one attached hydrogen (secondary N) is 1. The van der Waals surface area contributed by atoms with Gasteiger partial charge in [-0.1, -0.05) is 12.1 Å². The molecule has 0 saturated heterocycles. The van der Waals surface area contributed by atoms with Crippen molar-refractivity contribution in [3.63, 3.8) is 0 Å². The van der Waals surface area contributed by atoms with Gasteiger partial charge in [0.25, 0.3) is 5.91 Å². The molecule has 0 aliphatic heterocycles. The van der Waals surface area contributed by atoms with E-state index in [2.05, 4.69) is 5.32 Å². The van der Waals surface area contributed by atoms with E-state index >= 15 is 0 Å². The summed E-state index contributed by atoms with van der Waals surface area (Å²) < 4.78 is 34.5. The van der Waals surface area contributed by atoms with Crippen LogP contribution in [0.3, 0.4) is 0 Å². The second-order valence-electron chi connectivity index (χ2n) is 6.30. The minimum atomic E-state index is -3.25. The molecule has 0 aliphatic carbocycles. The maximum absolute atomic E-state index is 12.0. The van der Waals surface area contributed by atoms with Gasteiger partial charge in [0.15, 0.2) is 6.61 Å². The van der Waals surface area contributed by atoms with E-state index in [0.29, 0.717) is 23.6 Å². The second-order valence-corrected chi connectivity index (χ2v) is 8.39. The molecule has 0 fully saturated rings. The van der Waals surface area contributed by atoms with Crippen molar-refractivity contribution < 1.29 is 27.5 Å². The summed E-state index contributed by atoms with van der Waals surface area (Å²) in [5.74, 6) is -0.279. The zero-order valence-corrected chi connectivity index (χ0v) is 17.4. The van der Waals surface area contributed by atoms with E-state index in [1.54, 1.807) is 55.5 Å². The van der Waals surface area contributed by atoms with E-state index in [4.69, 9.17) is 9.47 Å². The zero-order valence-electron chi connectivity index (χ0n) is 16.5. The first kappa shape index (κ1) is 22.4. The Hall–Kier alpha value is -2.91. The Bertz CT molecular complexity index is 940. The van der Waals surface area contributed by atoms with Crippen LogP contribution in [0.2, 0.25) is 0 Å². The molecular formula is C20H24N2O6S. The van der Waals surface area contributed by atoms with Gasteiger partial charge in [-0.15, -0.1) is 0 Å². The average Bonchev–Trinajstić information content (AvgIpc) is 2.67. The van der Waals surface area contributed by atoms with Crippen LogP contribution in [0.5, 0.6) is 5.75 Å². The summed E-state index contributed by atoms with van der Waals surface area (Å²) >= 11 is 0.